The largest absolute Gasteiger partial charge is 0.400 e. The number of nitrogens with one attached hydrogen (secondary N) is 1. The molecule has 9 nitrogen and oxygen atoms in total. The Kier molecular flexibility index (Phi) is 19.6. The summed E-state index contributed by atoms with van der Waals surface area (Å²) >= 11 is 0. The van der Waals surface area contributed by atoms with Crippen molar-refractivity contribution in [2.45, 2.75) is 91.6 Å². The highest BCUT2D eigenvalue weighted by atomic mass is 16.2. The number of aliphatic hydroxyl groups is 1. The summed E-state index contributed by atoms with van der Waals surface area (Å²) in [6.45, 7) is 11.9. The second kappa shape index (κ2) is 19.5. The topological polar surface area (TPSA) is 156 Å². The van der Waals surface area contributed by atoms with E-state index in [4.69, 9.17) is 16.6 Å². The van der Waals surface area contributed by atoms with E-state index >= 15 is 0 Å². The Balaban J connectivity index is 0. The first-order chi connectivity index (χ1) is 15.6. The number of amides is 3. The molecule has 1 saturated heterocycles. The van der Waals surface area contributed by atoms with Crippen molar-refractivity contribution >= 4 is 24.0 Å². The summed E-state index contributed by atoms with van der Waals surface area (Å²) in [5, 5.41) is 9.33. The third kappa shape index (κ3) is 14.0. The Hall–Kier alpha value is -2.00. The zero-order valence-electron chi connectivity index (χ0n) is 21.5. The van der Waals surface area contributed by atoms with Crippen molar-refractivity contribution in [3.63, 3.8) is 0 Å². The molecular weight excluding hydrogens is 424 g/mol. The van der Waals surface area contributed by atoms with Crippen molar-refractivity contribution in [2.24, 2.45) is 29.2 Å². The van der Waals surface area contributed by atoms with Crippen molar-refractivity contribution < 1.29 is 24.3 Å². The van der Waals surface area contributed by atoms with E-state index in [9.17, 15) is 19.2 Å². The van der Waals surface area contributed by atoms with Gasteiger partial charge in [-0.1, -0.05) is 53.4 Å². The molecule has 0 radical (unpaired) electrons. The van der Waals surface area contributed by atoms with Crippen molar-refractivity contribution in [3.05, 3.63) is 0 Å². The molecule has 1 heterocycles. The molecule has 0 spiro atoms. The predicted octanol–water partition coefficient (Wildman–Crippen LogP) is 1.60. The Bertz CT molecular complexity index is 564. The van der Waals surface area contributed by atoms with Crippen LogP contribution in [0.1, 0.15) is 79.6 Å². The quantitative estimate of drug-likeness (QED) is 0.295. The van der Waals surface area contributed by atoms with Crippen LogP contribution >= 0.6 is 0 Å². The lowest BCUT2D eigenvalue weighted by molar-refractivity contribution is -0.138. The van der Waals surface area contributed by atoms with Crippen LogP contribution in [0.4, 0.5) is 0 Å². The summed E-state index contributed by atoms with van der Waals surface area (Å²) in [6, 6.07) is -0.328. The number of nitrogens with two attached hydrogens (primary N) is 2. The fourth-order valence-electron chi connectivity index (χ4n) is 3.80. The number of carbonyl (C=O) groups is 4. The molecule has 2 fully saturated rings. The fraction of sp³-hybridized carbons (Fsp3) is 0.833. The smallest absolute Gasteiger partial charge is 0.287 e. The number of rotatable bonds is 9. The van der Waals surface area contributed by atoms with E-state index in [1.807, 2.05) is 4.90 Å². The zero-order chi connectivity index (χ0) is 26.0. The highest BCUT2D eigenvalue weighted by Gasteiger charge is 2.32. The molecule has 2 unspecified atom stereocenters. The van der Waals surface area contributed by atoms with Gasteiger partial charge in [-0.25, -0.2) is 0 Å². The van der Waals surface area contributed by atoms with Gasteiger partial charge < -0.3 is 26.8 Å². The van der Waals surface area contributed by atoms with E-state index in [0.29, 0.717) is 30.7 Å². The van der Waals surface area contributed by atoms with E-state index in [1.54, 1.807) is 0 Å². The van der Waals surface area contributed by atoms with Gasteiger partial charge in [0.2, 0.25) is 18.1 Å². The van der Waals surface area contributed by atoms with Gasteiger partial charge in [-0.05, 0) is 43.9 Å². The minimum atomic E-state index is -0.983. The molecule has 0 aromatic heterocycles. The van der Waals surface area contributed by atoms with Crippen LogP contribution in [0.25, 0.3) is 0 Å². The Morgan fingerprint density at radius 2 is 1.70 bits per heavy atom. The lowest BCUT2D eigenvalue weighted by atomic mass is 9.80. The first-order valence-corrected chi connectivity index (χ1v) is 12.1. The molecule has 1 aliphatic heterocycles. The number of aliphatic hydroxyl groups excluding tert-OH is 1. The number of carbonyl (C=O) groups excluding carboxylic acids is 4. The van der Waals surface area contributed by atoms with Gasteiger partial charge in [0.1, 0.15) is 0 Å². The SMILES string of the molecule is CC(C)C.CCC[C@H]1CCN(C(=O)CN)C1C.CO.NC(=O)C(=O)C(CC1CCC1)NC=O. The first-order valence-electron chi connectivity index (χ1n) is 12.1. The molecule has 3 atom stereocenters. The number of Topliss-reactive ketones (excluding diaryl/α,β-unsaturated/α-hetero) is 1. The van der Waals surface area contributed by atoms with Gasteiger partial charge in [0.15, 0.2) is 0 Å². The molecule has 0 aromatic carbocycles. The summed E-state index contributed by atoms with van der Waals surface area (Å²) in [6.07, 6.45) is 7.83. The highest BCUT2D eigenvalue weighted by Crippen LogP contribution is 2.30. The fourth-order valence-corrected chi connectivity index (χ4v) is 3.80. The summed E-state index contributed by atoms with van der Waals surface area (Å²) in [7, 11) is 1.00. The molecular formula is C24H48N4O5. The molecule has 3 amide bonds. The van der Waals surface area contributed by atoms with Crippen molar-refractivity contribution in [1.82, 2.24) is 10.2 Å². The minimum Gasteiger partial charge on any atom is -0.400 e. The van der Waals surface area contributed by atoms with Gasteiger partial charge in [0.05, 0.1) is 12.6 Å². The van der Waals surface area contributed by atoms with Gasteiger partial charge in [-0.15, -0.1) is 0 Å². The van der Waals surface area contributed by atoms with Crippen LogP contribution in [0.5, 0.6) is 0 Å². The average molecular weight is 473 g/mol. The van der Waals surface area contributed by atoms with E-state index in [0.717, 1.165) is 45.3 Å². The molecule has 0 bridgehead atoms. The molecule has 1 saturated carbocycles. The maximum Gasteiger partial charge on any atom is 0.287 e. The third-order valence-corrected chi connectivity index (χ3v) is 5.69. The molecule has 2 rings (SSSR count). The van der Waals surface area contributed by atoms with E-state index < -0.39 is 17.7 Å². The third-order valence-electron chi connectivity index (χ3n) is 5.69. The van der Waals surface area contributed by atoms with Crippen molar-refractivity contribution in [2.75, 3.05) is 20.2 Å². The number of nitrogens with zero attached hydrogens (tertiary/aromatic N) is 1. The van der Waals surface area contributed by atoms with Crippen LogP contribution < -0.4 is 16.8 Å². The number of likely N-dealkylation sites (tertiary alicyclic amines) is 1. The molecule has 194 valence electrons. The molecule has 0 aromatic rings. The van der Waals surface area contributed by atoms with Gasteiger partial charge >= 0.3 is 0 Å². The van der Waals surface area contributed by atoms with Gasteiger partial charge in [-0.2, -0.15) is 0 Å². The standard InChI is InChI=1S/C10H20N2O.C9H14N2O3.C4H10.CH4O/c1-3-4-9-5-6-12(8(9)2)10(13)7-11;10-9(14)8(13)7(11-5-12)4-6-2-1-3-6;1-4(2)3;1-2/h8-9H,3-7,11H2,1-2H3;5-7H,1-4H2,(H2,10,14)(H,11,12);4H,1-3H3;2H,1H3/t8?,9-;;;/m0.../s1. The van der Waals surface area contributed by atoms with Crippen LogP contribution in [0, 0.1) is 17.8 Å². The zero-order valence-corrected chi connectivity index (χ0v) is 21.5. The highest BCUT2D eigenvalue weighted by molar-refractivity contribution is 6.37. The normalized spacial score (nSPS) is 20.0. The van der Waals surface area contributed by atoms with E-state index in [1.165, 1.54) is 12.8 Å². The summed E-state index contributed by atoms with van der Waals surface area (Å²) in [5.74, 6) is 0.384. The Morgan fingerprint density at radius 1 is 1.15 bits per heavy atom. The maximum absolute atomic E-state index is 11.4. The summed E-state index contributed by atoms with van der Waals surface area (Å²) < 4.78 is 0. The summed E-state index contributed by atoms with van der Waals surface area (Å²) in [4.78, 5) is 45.4. The number of hydrogen-bond acceptors (Lipinski definition) is 6. The minimum absolute atomic E-state index is 0.103. The van der Waals surface area contributed by atoms with E-state index in [-0.39, 0.29) is 12.5 Å². The number of ketones is 1. The van der Waals surface area contributed by atoms with Crippen LogP contribution in [0.15, 0.2) is 0 Å². The van der Waals surface area contributed by atoms with Gasteiger partial charge in [-0.3, -0.25) is 19.2 Å². The molecule has 2 aliphatic rings. The first kappa shape index (κ1) is 33.2. The lowest BCUT2D eigenvalue weighted by Gasteiger charge is -2.28. The second-order valence-electron chi connectivity index (χ2n) is 9.20. The Labute approximate surface area is 200 Å². The number of primary amides is 1. The van der Waals surface area contributed by atoms with Crippen molar-refractivity contribution in [1.29, 1.82) is 0 Å². The van der Waals surface area contributed by atoms with Crippen LogP contribution in [0.3, 0.4) is 0 Å². The predicted molar refractivity (Wildman–Crippen MR) is 131 cm³/mol. The Morgan fingerprint density at radius 3 is 2.06 bits per heavy atom. The van der Waals surface area contributed by atoms with Gasteiger partial charge in [0, 0.05) is 19.7 Å². The monoisotopic (exact) mass is 472 g/mol. The van der Waals surface area contributed by atoms with Crippen LogP contribution in [-0.2, 0) is 19.2 Å². The second-order valence-corrected chi connectivity index (χ2v) is 9.20. The molecule has 9 heteroatoms. The van der Waals surface area contributed by atoms with Crippen LogP contribution in [-0.4, -0.2) is 66.3 Å². The van der Waals surface area contributed by atoms with E-state index in [2.05, 4.69) is 39.9 Å². The van der Waals surface area contributed by atoms with Gasteiger partial charge in [0.25, 0.3) is 5.91 Å². The number of hydrogen-bond donors (Lipinski definition) is 4. The average Bonchev–Trinajstić information content (AvgIpc) is 3.10. The lowest BCUT2D eigenvalue weighted by Crippen LogP contribution is -2.44. The van der Waals surface area contributed by atoms with Crippen molar-refractivity contribution in [3.8, 4) is 0 Å². The molecule has 1 aliphatic carbocycles. The molecule has 6 N–H and O–H groups in total. The maximum atomic E-state index is 11.4. The van der Waals surface area contributed by atoms with Crippen LogP contribution in [0.2, 0.25) is 0 Å². The summed E-state index contributed by atoms with van der Waals surface area (Å²) in [5.41, 5.74) is 10.2. The molecule has 33 heavy (non-hydrogen) atoms.